The number of rotatable bonds is 1. The first kappa shape index (κ1) is 11.1. The summed E-state index contributed by atoms with van der Waals surface area (Å²) in [6.07, 6.45) is 0. The molecule has 6 nitrogen and oxygen atoms in total. The zero-order valence-corrected chi connectivity index (χ0v) is 9.59. The Kier molecular flexibility index (Phi) is 2.89. The van der Waals surface area contributed by atoms with Crippen molar-refractivity contribution in [3.05, 3.63) is 0 Å². The fourth-order valence-electron chi connectivity index (χ4n) is 1.92. The van der Waals surface area contributed by atoms with Crippen molar-refractivity contribution in [2.24, 2.45) is 0 Å². The lowest BCUT2D eigenvalue weighted by Crippen LogP contribution is -2.54. The molecule has 0 spiro atoms. The van der Waals surface area contributed by atoms with Crippen LogP contribution >= 0.6 is 11.6 Å². The Balaban J connectivity index is 2.07. The first-order chi connectivity index (χ1) is 7.04. The molecule has 0 aromatic carbocycles. The standard InChI is InChI=1S/C7H12ClN3O3S/c8-3-7(12)10-1-2-11-6(5-10)4-9-15(11,13)14/h6,9H,1-5H2. The molecule has 2 aliphatic heterocycles. The topological polar surface area (TPSA) is 69.7 Å². The second-order valence-electron chi connectivity index (χ2n) is 3.59. The molecule has 8 heteroatoms. The van der Waals surface area contributed by atoms with Crippen molar-refractivity contribution in [1.82, 2.24) is 13.9 Å². The number of fused-ring (bicyclic) bond motifs is 1. The summed E-state index contributed by atoms with van der Waals surface area (Å²) in [6, 6.07) is -0.143. The molecule has 0 aromatic rings. The first-order valence-electron chi connectivity index (χ1n) is 4.65. The molecule has 1 N–H and O–H groups in total. The summed E-state index contributed by atoms with van der Waals surface area (Å²) in [5.41, 5.74) is 0. The van der Waals surface area contributed by atoms with E-state index in [2.05, 4.69) is 4.72 Å². The van der Waals surface area contributed by atoms with E-state index >= 15 is 0 Å². The van der Waals surface area contributed by atoms with Crippen LogP contribution in [0.15, 0.2) is 0 Å². The molecule has 1 amide bonds. The van der Waals surface area contributed by atoms with Gasteiger partial charge in [0.15, 0.2) is 0 Å². The van der Waals surface area contributed by atoms with Crippen LogP contribution < -0.4 is 4.72 Å². The Hall–Kier alpha value is -0.370. The summed E-state index contributed by atoms with van der Waals surface area (Å²) in [7, 11) is -3.29. The van der Waals surface area contributed by atoms with Gasteiger partial charge in [0.2, 0.25) is 5.91 Å². The van der Waals surface area contributed by atoms with Crippen LogP contribution in [-0.2, 0) is 15.0 Å². The van der Waals surface area contributed by atoms with E-state index in [4.69, 9.17) is 11.6 Å². The molecule has 0 aromatic heterocycles. The number of amides is 1. The Bertz CT molecular complexity index is 372. The Labute approximate surface area is 93.3 Å². The fraction of sp³-hybridized carbons (Fsp3) is 0.857. The lowest BCUT2D eigenvalue weighted by Gasteiger charge is -2.35. The number of piperazine rings is 1. The van der Waals surface area contributed by atoms with Gasteiger partial charge in [-0.3, -0.25) is 4.79 Å². The van der Waals surface area contributed by atoms with Gasteiger partial charge in [0, 0.05) is 26.2 Å². The summed E-state index contributed by atoms with van der Waals surface area (Å²) in [5.74, 6) is -0.187. The highest BCUT2D eigenvalue weighted by atomic mass is 35.5. The third-order valence-corrected chi connectivity index (χ3v) is 4.56. The fourth-order valence-corrected chi connectivity index (χ4v) is 3.51. The molecule has 0 bridgehead atoms. The van der Waals surface area contributed by atoms with Crippen molar-refractivity contribution in [2.75, 3.05) is 32.1 Å². The number of nitrogens with one attached hydrogen (secondary N) is 1. The number of hydrogen-bond acceptors (Lipinski definition) is 3. The molecule has 0 radical (unpaired) electrons. The molecule has 2 saturated heterocycles. The van der Waals surface area contributed by atoms with Gasteiger partial charge >= 0.3 is 0 Å². The van der Waals surface area contributed by atoms with Gasteiger partial charge in [0.05, 0.1) is 6.04 Å². The van der Waals surface area contributed by atoms with Gasteiger partial charge in [0.25, 0.3) is 10.2 Å². The van der Waals surface area contributed by atoms with Crippen molar-refractivity contribution in [3.8, 4) is 0 Å². The zero-order valence-electron chi connectivity index (χ0n) is 8.02. The quantitative estimate of drug-likeness (QED) is 0.584. The number of carbonyl (C=O) groups is 1. The summed E-state index contributed by atoms with van der Waals surface area (Å²) >= 11 is 5.45. The van der Waals surface area contributed by atoms with E-state index < -0.39 is 10.2 Å². The molecule has 2 aliphatic rings. The Morgan fingerprint density at radius 3 is 2.87 bits per heavy atom. The van der Waals surface area contributed by atoms with E-state index in [-0.39, 0.29) is 17.8 Å². The summed E-state index contributed by atoms with van der Waals surface area (Å²) < 4.78 is 26.7. The summed E-state index contributed by atoms with van der Waals surface area (Å²) in [6.45, 7) is 1.57. The van der Waals surface area contributed by atoms with Gasteiger partial charge in [-0.25, -0.2) is 4.72 Å². The molecular formula is C7H12ClN3O3S. The number of alkyl halides is 1. The normalized spacial score (nSPS) is 30.2. The highest BCUT2D eigenvalue weighted by Gasteiger charge is 2.41. The van der Waals surface area contributed by atoms with Crippen molar-refractivity contribution in [2.45, 2.75) is 6.04 Å². The molecule has 2 rings (SSSR count). The van der Waals surface area contributed by atoms with Crippen LogP contribution in [0.25, 0.3) is 0 Å². The molecule has 0 saturated carbocycles. The van der Waals surface area contributed by atoms with E-state index in [1.165, 1.54) is 4.31 Å². The van der Waals surface area contributed by atoms with Gasteiger partial charge in [-0.15, -0.1) is 11.6 Å². The predicted octanol–water partition coefficient (Wildman–Crippen LogP) is -1.41. The molecule has 86 valence electrons. The second-order valence-corrected chi connectivity index (χ2v) is 5.57. The van der Waals surface area contributed by atoms with Crippen molar-refractivity contribution < 1.29 is 13.2 Å². The van der Waals surface area contributed by atoms with Crippen LogP contribution in [0.3, 0.4) is 0 Å². The lowest BCUT2D eigenvalue weighted by atomic mass is 10.2. The van der Waals surface area contributed by atoms with Crippen LogP contribution in [0, 0.1) is 0 Å². The maximum atomic E-state index is 11.4. The van der Waals surface area contributed by atoms with Crippen LogP contribution in [0.5, 0.6) is 0 Å². The Morgan fingerprint density at radius 2 is 2.20 bits per heavy atom. The molecule has 0 aliphatic carbocycles. The highest BCUT2D eigenvalue weighted by Crippen LogP contribution is 2.18. The minimum absolute atomic E-state index is 0.0487. The smallest absolute Gasteiger partial charge is 0.279 e. The Morgan fingerprint density at radius 1 is 1.47 bits per heavy atom. The van der Waals surface area contributed by atoms with Crippen molar-refractivity contribution in [3.63, 3.8) is 0 Å². The molecule has 2 heterocycles. The third-order valence-electron chi connectivity index (χ3n) is 2.71. The van der Waals surface area contributed by atoms with E-state index in [1.807, 2.05) is 0 Å². The highest BCUT2D eigenvalue weighted by molar-refractivity contribution is 7.87. The average Bonchev–Trinajstić information content (AvgIpc) is 2.53. The van der Waals surface area contributed by atoms with Gasteiger partial charge in [-0.05, 0) is 0 Å². The van der Waals surface area contributed by atoms with Gasteiger partial charge < -0.3 is 4.90 Å². The van der Waals surface area contributed by atoms with Crippen LogP contribution in [0.2, 0.25) is 0 Å². The van der Waals surface area contributed by atoms with Crippen LogP contribution in [0.1, 0.15) is 0 Å². The second kappa shape index (κ2) is 3.89. The van der Waals surface area contributed by atoms with E-state index in [0.29, 0.717) is 26.2 Å². The van der Waals surface area contributed by atoms with Gasteiger partial charge in [-0.2, -0.15) is 12.7 Å². The van der Waals surface area contributed by atoms with Gasteiger partial charge in [-0.1, -0.05) is 0 Å². The van der Waals surface area contributed by atoms with E-state index in [9.17, 15) is 13.2 Å². The number of halogens is 1. The van der Waals surface area contributed by atoms with E-state index in [0.717, 1.165) is 0 Å². The lowest BCUT2D eigenvalue weighted by molar-refractivity contribution is -0.130. The monoisotopic (exact) mass is 253 g/mol. The number of carbonyl (C=O) groups excluding carboxylic acids is 1. The summed E-state index contributed by atoms with van der Waals surface area (Å²) in [5, 5.41) is 0. The number of nitrogens with zero attached hydrogens (tertiary/aromatic N) is 2. The third kappa shape index (κ3) is 1.96. The molecule has 2 fully saturated rings. The SMILES string of the molecule is O=C(CCl)N1CCN2C(CNS2(=O)=O)C1. The van der Waals surface area contributed by atoms with Crippen LogP contribution in [-0.4, -0.2) is 61.6 Å². The molecule has 15 heavy (non-hydrogen) atoms. The molecule has 1 atom stereocenters. The first-order valence-corrected chi connectivity index (χ1v) is 6.62. The number of hydrogen-bond donors (Lipinski definition) is 1. The maximum Gasteiger partial charge on any atom is 0.279 e. The molecular weight excluding hydrogens is 242 g/mol. The van der Waals surface area contributed by atoms with Gasteiger partial charge in [0.1, 0.15) is 5.88 Å². The zero-order chi connectivity index (χ0) is 11.1. The largest absolute Gasteiger partial charge is 0.339 e. The molecule has 1 unspecified atom stereocenters. The van der Waals surface area contributed by atoms with Crippen LogP contribution in [0.4, 0.5) is 0 Å². The van der Waals surface area contributed by atoms with Crippen molar-refractivity contribution >= 4 is 27.7 Å². The summed E-state index contributed by atoms with van der Waals surface area (Å²) in [4.78, 5) is 12.9. The minimum atomic E-state index is -3.29. The average molecular weight is 254 g/mol. The predicted molar refractivity (Wildman–Crippen MR) is 54.7 cm³/mol. The van der Waals surface area contributed by atoms with Crippen molar-refractivity contribution in [1.29, 1.82) is 0 Å². The minimum Gasteiger partial charge on any atom is -0.339 e. The maximum absolute atomic E-state index is 11.4. The van der Waals surface area contributed by atoms with E-state index in [1.54, 1.807) is 4.90 Å².